The molecule has 10 heteroatoms. The normalized spacial score (nSPS) is 49.8. The Balaban J connectivity index is 0.713. The average Bonchev–Trinajstić information content (AvgIpc) is 3.79. The van der Waals surface area contributed by atoms with Crippen LogP contribution < -0.4 is 10.6 Å². The topological polar surface area (TPSA) is 180 Å². The molecule has 0 radical (unpaired) electrons. The van der Waals surface area contributed by atoms with Crippen molar-refractivity contribution in [3.05, 3.63) is 0 Å². The van der Waals surface area contributed by atoms with Crippen molar-refractivity contribution in [2.24, 2.45) is 92.7 Å². The summed E-state index contributed by atoms with van der Waals surface area (Å²) in [5, 5.41) is 74.1. The molecular formula is C53H90N2O8. The third kappa shape index (κ3) is 8.52. The summed E-state index contributed by atoms with van der Waals surface area (Å²) in [6.45, 7) is 15.1. The average molecular weight is 883 g/mol. The molecule has 0 aromatic carbocycles. The molecule has 63 heavy (non-hydrogen) atoms. The van der Waals surface area contributed by atoms with Gasteiger partial charge in [-0.25, -0.2) is 0 Å². The van der Waals surface area contributed by atoms with Crippen LogP contribution in [0.25, 0.3) is 0 Å². The minimum Gasteiger partial charge on any atom is -0.393 e. The highest BCUT2D eigenvalue weighted by Gasteiger charge is 2.67. The molecule has 360 valence electrons. The van der Waals surface area contributed by atoms with Crippen LogP contribution >= 0.6 is 0 Å². The van der Waals surface area contributed by atoms with E-state index >= 15 is 0 Å². The highest BCUT2D eigenvalue weighted by molar-refractivity contribution is 5.76. The molecule has 2 amide bonds. The first kappa shape index (κ1) is 48.2. The Bertz CT molecular complexity index is 1500. The van der Waals surface area contributed by atoms with E-state index in [0.717, 1.165) is 122 Å². The predicted octanol–water partition coefficient (Wildman–Crippen LogP) is 7.14. The van der Waals surface area contributed by atoms with Gasteiger partial charge in [-0.2, -0.15) is 0 Å². The fraction of sp³-hybridized carbons (Fsp3) is 0.962. The van der Waals surface area contributed by atoms with Gasteiger partial charge in [0.05, 0.1) is 36.6 Å². The maximum Gasteiger partial charge on any atom is 0.220 e. The predicted molar refractivity (Wildman–Crippen MR) is 245 cm³/mol. The number of fused-ring (bicyclic) bond motifs is 10. The van der Waals surface area contributed by atoms with Gasteiger partial charge in [0, 0.05) is 25.9 Å². The molecule has 0 bridgehead atoms. The summed E-state index contributed by atoms with van der Waals surface area (Å²) in [5.41, 5.74) is -0.373. The van der Waals surface area contributed by atoms with Crippen molar-refractivity contribution in [3.8, 4) is 0 Å². The van der Waals surface area contributed by atoms with Crippen molar-refractivity contribution in [2.45, 2.75) is 213 Å². The Labute approximate surface area is 380 Å². The Morgan fingerprint density at radius 1 is 0.524 bits per heavy atom. The summed E-state index contributed by atoms with van der Waals surface area (Å²) in [5.74, 6) is 3.61. The molecule has 8 saturated carbocycles. The van der Waals surface area contributed by atoms with Crippen molar-refractivity contribution in [3.63, 3.8) is 0 Å². The van der Waals surface area contributed by atoms with Gasteiger partial charge in [-0.1, -0.05) is 41.5 Å². The molecule has 22 atom stereocenters. The summed E-state index contributed by atoms with van der Waals surface area (Å²) in [6.07, 6.45) is 15.4. The number of aliphatic hydroxyl groups excluding tert-OH is 6. The number of rotatable bonds is 14. The smallest absolute Gasteiger partial charge is 0.220 e. The first-order valence-corrected chi connectivity index (χ1v) is 26.5. The van der Waals surface area contributed by atoms with E-state index in [9.17, 15) is 40.2 Å². The van der Waals surface area contributed by atoms with Crippen LogP contribution in [0.3, 0.4) is 0 Å². The van der Waals surface area contributed by atoms with Gasteiger partial charge in [0.2, 0.25) is 11.8 Å². The maximum absolute atomic E-state index is 13.0. The molecule has 0 heterocycles. The Kier molecular flexibility index (Phi) is 14.3. The quantitative estimate of drug-likeness (QED) is 0.0849. The van der Waals surface area contributed by atoms with E-state index in [1.165, 1.54) is 0 Å². The Hall–Kier alpha value is -1.30. The lowest BCUT2D eigenvalue weighted by Gasteiger charge is -2.63. The van der Waals surface area contributed by atoms with Crippen LogP contribution in [-0.2, 0) is 9.59 Å². The van der Waals surface area contributed by atoms with E-state index < -0.39 is 12.2 Å². The second-order valence-corrected chi connectivity index (χ2v) is 24.8. The van der Waals surface area contributed by atoms with Crippen molar-refractivity contribution >= 4 is 11.8 Å². The fourth-order valence-corrected chi connectivity index (χ4v) is 18.4. The molecule has 0 aliphatic heterocycles. The zero-order valence-corrected chi connectivity index (χ0v) is 40.2. The van der Waals surface area contributed by atoms with Crippen LogP contribution in [0, 0.1) is 92.7 Å². The summed E-state index contributed by atoms with van der Waals surface area (Å²) in [7, 11) is 0. The van der Waals surface area contributed by atoms with Gasteiger partial charge in [0.1, 0.15) is 0 Å². The summed E-state index contributed by atoms with van der Waals surface area (Å²) >= 11 is 0. The highest BCUT2D eigenvalue weighted by Crippen LogP contribution is 2.70. The van der Waals surface area contributed by atoms with Crippen LogP contribution in [0.1, 0.15) is 176 Å². The molecule has 8 aliphatic rings. The maximum atomic E-state index is 13.0. The van der Waals surface area contributed by atoms with Crippen molar-refractivity contribution in [1.82, 2.24) is 10.6 Å². The van der Waals surface area contributed by atoms with E-state index in [2.05, 4.69) is 52.2 Å². The molecule has 0 saturated heterocycles. The van der Waals surface area contributed by atoms with Gasteiger partial charge in [-0.3, -0.25) is 9.59 Å². The zero-order chi connectivity index (χ0) is 45.2. The third-order valence-corrected chi connectivity index (χ3v) is 22.2. The Morgan fingerprint density at radius 2 is 0.921 bits per heavy atom. The second kappa shape index (κ2) is 18.7. The van der Waals surface area contributed by atoms with E-state index in [1.807, 2.05) is 0 Å². The number of unbranched alkanes of at least 4 members (excludes halogenated alkanes) is 2. The molecule has 10 nitrogen and oxygen atoms in total. The molecule has 8 N–H and O–H groups in total. The first-order chi connectivity index (χ1) is 29.8. The van der Waals surface area contributed by atoms with Gasteiger partial charge in [0.15, 0.2) is 0 Å². The molecule has 8 fully saturated rings. The largest absolute Gasteiger partial charge is 0.393 e. The first-order valence-electron chi connectivity index (χ1n) is 26.5. The number of carbonyl (C=O) groups excluding carboxylic acids is 2. The second-order valence-electron chi connectivity index (χ2n) is 24.8. The highest BCUT2D eigenvalue weighted by atomic mass is 16.3. The van der Waals surface area contributed by atoms with Crippen LogP contribution in [0.2, 0.25) is 0 Å². The van der Waals surface area contributed by atoms with Gasteiger partial charge >= 0.3 is 0 Å². The van der Waals surface area contributed by atoms with Gasteiger partial charge < -0.3 is 41.3 Å². The number of hydrogen-bond donors (Lipinski definition) is 8. The molecule has 0 aromatic heterocycles. The monoisotopic (exact) mass is 883 g/mol. The molecule has 8 rings (SSSR count). The van der Waals surface area contributed by atoms with Crippen molar-refractivity contribution in [1.29, 1.82) is 0 Å². The summed E-state index contributed by atoms with van der Waals surface area (Å²) in [6, 6.07) is 0. The number of carbonyl (C=O) groups is 2. The third-order valence-electron chi connectivity index (χ3n) is 22.2. The minimum atomic E-state index is -0.413. The summed E-state index contributed by atoms with van der Waals surface area (Å²) < 4.78 is 0. The van der Waals surface area contributed by atoms with Crippen LogP contribution in [0.4, 0.5) is 0 Å². The van der Waals surface area contributed by atoms with Crippen molar-refractivity contribution < 1.29 is 40.2 Å². The van der Waals surface area contributed by atoms with E-state index in [0.29, 0.717) is 73.3 Å². The zero-order valence-electron chi connectivity index (χ0n) is 40.2. The van der Waals surface area contributed by atoms with Crippen LogP contribution in [0.15, 0.2) is 0 Å². The van der Waals surface area contributed by atoms with E-state index in [4.69, 9.17) is 0 Å². The van der Waals surface area contributed by atoms with E-state index in [-0.39, 0.29) is 81.6 Å². The number of hydrogen-bond acceptors (Lipinski definition) is 8. The molecule has 0 aromatic rings. The van der Waals surface area contributed by atoms with Gasteiger partial charge in [0.25, 0.3) is 0 Å². The van der Waals surface area contributed by atoms with Gasteiger partial charge in [-0.05, 0) is 215 Å². The lowest BCUT2D eigenvalue weighted by Crippen LogP contribution is -2.62. The molecule has 0 spiro atoms. The van der Waals surface area contributed by atoms with Crippen LogP contribution in [0.5, 0.6) is 0 Å². The standard InChI is InChI=1S/C53H90N2O8/c1-30(36-12-14-38-48-40(28-44(60)52(36,38)5)50(3)20-18-34(56)24-32(50)26-42(48)58)10-16-46(62)54-22-8-7-9-23-55-47(63)17-11-31(2)37-13-15-39-49-41(29-45(61)53(37,39)6)51(4)21-19-35(57)25-33(51)27-43(49)59/h30-45,48-49,56-61H,7-29H2,1-6H3,(H,54,62)(H,55,63)/t30-,31-,32+,33+,34-,35-,36-,37-,38+,39+,40+,41+,42-,43-,44+,45+,48+,49+,50+,51+,52-,53-/m1/s1. The lowest BCUT2D eigenvalue weighted by atomic mass is 9.43. The SMILES string of the molecule is C[C@H](CCC(=O)NCCCCCNC(=O)CC[C@@H](C)[C@H]1CC[C@H]2[C@@H]3[C@H](O)C[C@@H]4C[C@H](O)CC[C@]4(C)[C@H]3C[C@H](O)[C@]12C)[C@H]1CC[C@H]2[C@@H]3[C@H](O)C[C@@H]4C[C@H](O)CC[C@]4(C)[C@H]3C[C@H](O)[C@]12C. The summed E-state index contributed by atoms with van der Waals surface area (Å²) in [4.78, 5) is 26.0. The number of nitrogens with one attached hydrogen (secondary N) is 2. The number of aliphatic hydroxyl groups is 6. The molecule has 8 aliphatic carbocycles. The molecular weight excluding hydrogens is 793 g/mol. The van der Waals surface area contributed by atoms with Crippen molar-refractivity contribution in [2.75, 3.05) is 13.1 Å². The fourth-order valence-electron chi connectivity index (χ4n) is 18.4. The number of amides is 2. The lowest BCUT2D eigenvalue weighted by molar-refractivity contribution is -0.207. The minimum absolute atomic E-state index is 0.0685. The van der Waals surface area contributed by atoms with E-state index in [1.54, 1.807) is 0 Å². The molecule has 0 unspecified atom stereocenters. The Morgan fingerprint density at radius 3 is 1.32 bits per heavy atom. The van der Waals surface area contributed by atoms with Crippen LogP contribution in [-0.4, -0.2) is 92.2 Å². The van der Waals surface area contributed by atoms with Gasteiger partial charge in [-0.15, -0.1) is 0 Å².